The molecule has 0 spiro atoms. The normalized spacial score (nSPS) is 11.7. The van der Waals surface area contributed by atoms with Gasteiger partial charge in [0.2, 0.25) is 5.91 Å². The van der Waals surface area contributed by atoms with Crippen LogP contribution in [0.25, 0.3) is 0 Å². The fourth-order valence-electron chi connectivity index (χ4n) is 2.12. The first-order chi connectivity index (χ1) is 11.5. The van der Waals surface area contributed by atoms with Gasteiger partial charge in [-0.2, -0.15) is 0 Å². The van der Waals surface area contributed by atoms with Gasteiger partial charge in [-0.1, -0.05) is 5.16 Å². The predicted octanol–water partition coefficient (Wildman–Crippen LogP) is 3.22. The lowest BCUT2D eigenvalue weighted by Gasteiger charge is -2.18. The SMILES string of the molecule is CCOc1ccc(OCC)c(NC(C)C(=O)Nc2cc(C)on2)c1. The summed E-state index contributed by atoms with van der Waals surface area (Å²) in [6, 6.07) is 6.63. The molecule has 24 heavy (non-hydrogen) atoms. The van der Waals surface area contributed by atoms with E-state index in [1.54, 1.807) is 19.9 Å². The van der Waals surface area contributed by atoms with Crippen LogP contribution < -0.4 is 20.1 Å². The van der Waals surface area contributed by atoms with Gasteiger partial charge in [-0.15, -0.1) is 0 Å². The van der Waals surface area contributed by atoms with Crippen LogP contribution >= 0.6 is 0 Å². The second-order valence-electron chi connectivity index (χ2n) is 5.20. The number of aryl methyl sites for hydroxylation is 1. The number of amides is 1. The molecule has 1 aromatic carbocycles. The summed E-state index contributed by atoms with van der Waals surface area (Å²) in [7, 11) is 0. The minimum Gasteiger partial charge on any atom is -0.494 e. The zero-order valence-corrected chi connectivity index (χ0v) is 14.4. The third-order valence-corrected chi connectivity index (χ3v) is 3.21. The van der Waals surface area contributed by atoms with Gasteiger partial charge in [-0.25, -0.2) is 0 Å². The molecule has 7 heteroatoms. The Balaban J connectivity index is 2.09. The number of hydrogen-bond acceptors (Lipinski definition) is 6. The highest BCUT2D eigenvalue weighted by Gasteiger charge is 2.17. The van der Waals surface area contributed by atoms with Gasteiger partial charge in [-0.3, -0.25) is 4.79 Å². The van der Waals surface area contributed by atoms with E-state index in [-0.39, 0.29) is 5.91 Å². The van der Waals surface area contributed by atoms with Crippen LogP contribution in [0.3, 0.4) is 0 Å². The molecule has 0 radical (unpaired) electrons. The second kappa shape index (κ2) is 8.24. The minimum atomic E-state index is -0.502. The first kappa shape index (κ1) is 17.7. The molecule has 1 atom stereocenters. The van der Waals surface area contributed by atoms with Gasteiger partial charge in [0.15, 0.2) is 5.82 Å². The van der Waals surface area contributed by atoms with E-state index < -0.39 is 6.04 Å². The Kier molecular flexibility index (Phi) is 6.06. The molecule has 0 aliphatic rings. The molecule has 0 aliphatic carbocycles. The molecule has 1 heterocycles. The van der Waals surface area contributed by atoms with Gasteiger partial charge < -0.3 is 24.6 Å². The number of hydrogen-bond donors (Lipinski definition) is 2. The Morgan fingerprint density at radius 2 is 2.00 bits per heavy atom. The van der Waals surface area contributed by atoms with Crippen LogP contribution in [-0.4, -0.2) is 30.3 Å². The lowest BCUT2D eigenvalue weighted by molar-refractivity contribution is -0.116. The third kappa shape index (κ3) is 4.65. The molecule has 0 aliphatic heterocycles. The second-order valence-corrected chi connectivity index (χ2v) is 5.20. The summed E-state index contributed by atoms with van der Waals surface area (Å²) in [5.41, 5.74) is 0.696. The summed E-state index contributed by atoms with van der Waals surface area (Å²) in [5, 5.41) is 9.59. The summed E-state index contributed by atoms with van der Waals surface area (Å²) in [6.07, 6.45) is 0. The van der Waals surface area contributed by atoms with Crippen LogP contribution in [0.2, 0.25) is 0 Å². The molecule has 0 saturated carbocycles. The van der Waals surface area contributed by atoms with Crippen molar-refractivity contribution in [3.8, 4) is 11.5 Å². The van der Waals surface area contributed by atoms with Gasteiger partial charge in [0, 0.05) is 12.1 Å². The predicted molar refractivity (Wildman–Crippen MR) is 91.7 cm³/mol. The molecule has 1 unspecified atom stereocenters. The highest BCUT2D eigenvalue weighted by molar-refractivity contribution is 5.95. The molecule has 7 nitrogen and oxygen atoms in total. The Hall–Kier alpha value is -2.70. The number of carbonyl (C=O) groups excluding carboxylic acids is 1. The van der Waals surface area contributed by atoms with E-state index in [2.05, 4.69) is 15.8 Å². The largest absolute Gasteiger partial charge is 0.494 e. The van der Waals surface area contributed by atoms with E-state index >= 15 is 0 Å². The van der Waals surface area contributed by atoms with Gasteiger partial charge >= 0.3 is 0 Å². The van der Waals surface area contributed by atoms with E-state index in [9.17, 15) is 4.79 Å². The Bertz CT molecular complexity index is 684. The molecule has 1 amide bonds. The molecule has 2 aromatic rings. The van der Waals surface area contributed by atoms with Gasteiger partial charge in [0.25, 0.3) is 0 Å². The van der Waals surface area contributed by atoms with E-state index in [0.29, 0.717) is 42.0 Å². The van der Waals surface area contributed by atoms with Crippen molar-refractivity contribution in [2.75, 3.05) is 23.8 Å². The minimum absolute atomic E-state index is 0.229. The third-order valence-electron chi connectivity index (χ3n) is 3.21. The number of carbonyl (C=O) groups is 1. The van der Waals surface area contributed by atoms with E-state index in [1.165, 1.54) is 0 Å². The summed E-state index contributed by atoms with van der Waals surface area (Å²) in [5.74, 6) is 2.17. The number of benzene rings is 1. The summed E-state index contributed by atoms with van der Waals surface area (Å²) >= 11 is 0. The zero-order valence-electron chi connectivity index (χ0n) is 14.4. The maximum absolute atomic E-state index is 12.3. The molecule has 2 rings (SSSR count). The van der Waals surface area contributed by atoms with Crippen molar-refractivity contribution >= 4 is 17.4 Å². The van der Waals surface area contributed by atoms with Crippen LogP contribution in [0.4, 0.5) is 11.5 Å². The quantitative estimate of drug-likeness (QED) is 0.771. The zero-order chi connectivity index (χ0) is 17.5. The van der Waals surface area contributed by atoms with Crippen molar-refractivity contribution in [3.05, 3.63) is 30.0 Å². The number of nitrogens with one attached hydrogen (secondary N) is 2. The van der Waals surface area contributed by atoms with E-state index in [0.717, 1.165) is 0 Å². The topological polar surface area (TPSA) is 85.6 Å². The molecule has 2 N–H and O–H groups in total. The monoisotopic (exact) mass is 333 g/mol. The lowest BCUT2D eigenvalue weighted by Crippen LogP contribution is -2.32. The fourth-order valence-corrected chi connectivity index (χ4v) is 2.12. The van der Waals surface area contributed by atoms with Crippen LogP contribution in [0, 0.1) is 6.92 Å². The van der Waals surface area contributed by atoms with Crippen LogP contribution in [-0.2, 0) is 4.79 Å². The number of ether oxygens (including phenoxy) is 2. The first-order valence-corrected chi connectivity index (χ1v) is 7.93. The van der Waals surface area contributed by atoms with Gasteiger partial charge in [0.05, 0.1) is 18.9 Å². The molecule has 0 fully saturated rings. The summed E-state index contributed by atoms with van der Waals surface area (Å²) in [4.78, 5) is 12.3. The van der Waals surface area contributed by atoms with Crippen molar-refractivity contribution in [2.24, 2.45) is 0 Å². The van der Waals surface area contributed by atoms with E-state index in [4.69, 9.17) is 14.0 Å². The molecule has 0 saturated heterocycles. The molecule has 1 aromatic heterocycles. The highest BCUT2D eigenvalue weighted by atomic mass is 16.5. The molecular formula is C17H23N3O4. The standard InChI is InChI=1S/C17H23N3O4/c1-5-22-13-7-8-15(23-6-2)14(10-13)18-12(4)17(21)19-16-9-11(3)24-20-16/h7-10,12,18H,5-6H2,1-4H3,(H,19,20,21). The first-order valence-electron chi connectivity index (χ1n) is 7.93. The van der Waals surface area contributed by atoms with Crippen molar-refractivity contribution in [1.29, 1.82) is 0 Å². The number of aromatic nitrogens is 1. The van der Waals surface area contributed by atoms with Crippen molar-refractivity contribution in [1.82, 2.24) is 5.16 Å². The lowest BCUT2D eigenvalue weighted by atomic mass is 10.2. The van der Waals surface area contributed by atoms with Gasteiger partial charge in [0.1, 0.15) is 23.3 Å². The Morgan fingerprint density at radius 1 is 1.25 bits per heavy atom. The molecular weight excluding hydrogens is 310 g/mol. The maximum Gasteiger partial charge on any atom is 0.247 e. The van der Waals surface area contributed by atoms with Gasteiger partial charge in [-0.05, 0) is 39.8 Å². The smallest absolute Gasteiger partial charge is 0.247 e. The maximum atomic E-state index is 12.3. The summed E-state index contributed by atoms with van der Waals surface area (Å²) in [6.45, 7) is 8.43. The number of anilines is 2. The molecule has 0 bridgehead atoms. The highest BCUT2D eigenvalue weighted by Crippen LogP contribution is 2.30. The van der Waals surface area contributed by atoms with Crippen LogP contribution in [0.15, 0.2) is 28.8 Å². The summed E-state index contributed by atoms with van der Waals surface area (Å²) < 4.78 is 16.0. The number of rotatable bonds is 8. The van der Waals surface area contributed by atoms with Crippen LogP contribution in [0.1, 0.15) is 26.5 Å². The average Bonchev–Trinajstić information content (AvgIpc) is 2.95. The van der Waals surface area contributed by atoms with E-state index in [1.807, 2.05) is 32.0 Å². The van der Waals surface area contributed by atoms with Crippen LogP contribution in [0.5, 0.6) is 11.5 Å². The molecule has 130 valence electrons. The van der Waals surface area contributed by atoms with Crippen molar-refractivity contribution in [2.45, 2.75) is 33.7 Å². The van der Waals surface area contributed by atoms with Crippen molar-refractivity contribution in [3.63, 3.8) is 0 Å². The number of nitrogens with zero attached hydrogens (tertiary/aromatic N) is 1. The Labute approximate surface area is 141 Å². The van der Waals surface area contributed by atoms with Crippen molar-refractivity contribution < 1.29 is 18.8 Å². The Morgan fingerprint density at radius 3 is 2.62 bits per heavy atom. The average molecular weight is 333 g/mol. The fraction of sp³-hybridized carbons (Fsp3) is 0.412.